The Morgan fingerprint density at radius 1 is 0.537 bits per heavy atom. The Morgan fingerprint density at radius 3 is 1.48 bits per heavy atom. The van der Waals surface area contributed by atoms with Crippen molar-refractivity contribution in [1.29, 1.82) is 0 Å². The van der Waals surface area contributed by atoms with Gasteiger partial charge in [0.25, 0.3) is 5.91 Å². The standard InChI is InChI=1S/C44H61NO9/c1-2-3-4-5-6-7-8-9-10-11-12-13-14-15-16-19-27-53-38-30-35(31-39(32-38)54-29-20-28-52-37-25-23-36(46)24-26-37)40-21-17-18-22-41(40)44(51)45(33-42(47)48)34-43(49)50/h17-18,21-26,30-32,46H,2-16,19-20,27-29,33-34H2,1H3,(H,47,48)(H,49,50). The van der Waals surface area contributed by atoms with E-state index >= 15 is 0 Å². The summed E-state index contributed by atoms with van der Waals surface area (Å²) < 4.78 is 18.0. The maximum Gasteiger partial charge on any atom is 0.323 e. The fourth-order valence-corrected chi connectivity index (χ4v) is 6.33. The van der Waals surface area contributed by atoms with Crippen LogP contribution in [0.25, 0.3) is 11.1 Å². The van der Waals surface area contributed by atoms with Crippen molar-refractivity contribution in [3.8, 4) is 34.1 Å². The number of aromatic hydroxyl groups is 1. The topological polar surface area (TPSA) is 143 Å². The summed E-state index contributed by atoms with van der Waals surface area (Å²) in [7, 11) is 0. The highest BCUT2D eigenvalue weighted by molar-refractivity contribution is 6.03. The first-order valence-electron chi connectivity index (χ1n) is 19.9. The van der Waals surface area contributed by atoms with Crippen LogP contribution in [0.15, 0.2) is 66.7 Å². The van der Waals surface area contributed by atoms with Crippen LogP contribution in [0.3, 0.4) is 0 Å². The highest BCUT2D eigenvalue weighted by atomic mass is 16.5. The normalized spacial score (nSPS) is 10.9. The van der Waals surface area contributed by atoms with Gasteiger partial charge in [0, 0.05) is 18.1 Å². The van der Waals surface area contributed by atoms with Crippen LogP contribution < -0.4 is 14.2 Å². The van der Waals surface area contributed by atoms with E-state index < -0.39 is 30.9 Å². The molecule has 54 heavy (non-hydrogen) atoms. The fourth-order valence-electron chi connectivity index (χ4n) is 6.33. The van der Waals surface area contributed by atoms with Crippen LogP contribution in [0.2, 0.25) is 0 Å². The second-order valence-electron chi connectivity index (χ2n) is 13.9. The van der Waals surface area contributed by atoms with Crippen molar-refractivity contribution < 1.29 is 43.9 Å². The van der Waals surface area contributed by atoms with Crippen molar-refractivity contribution in [3.63, 3.8) is 0 Å². The van der Waals surface area contributed by atoms with Crippen LogP contribution in [0, 0.1) is 0 Å². The lowest BCUT2D eigenvalue weighted by Crippen LogP contribution is -2.39. The molecule has 0 radical (unpaired) electrons. The molecule has 10 heteroatoms. The molecule has 296 valence electrons. The van der Waals surface area contributed by atoms with Gasteiger partial charge < -0.3 is 34.4 Å². The molecule has 0 saturated heterocycles. The van der Waals surface area contributed by atoms with Crippen molar-refractivity contribution in [3.05, 3.63) is 72.3 Å². The van der Waals surface area contributed by atoms with Crippen molar-refractivity contribution in [2.45, 2.75) is 116 Å². The zero-order valence-corrected chi connectivity index (χ0v) is 32.1. The van der Waals surface area contributed by atoms with Crippen molar-refractivity contribution in [2.75, 3.05) is 32.9 Å². The second kappa shape index (κ2) is 26.1. The minimum Gasteiger partial charge on any atom is -0.508 e. The molecule has 0 fully saturated rings. The summed E-state index contributed by atoms with van der Waals surface area (Å²) in [6.07, 6.45) is 21.2. The van der Waals surface area contributed by atoms with Gasteiger partial charge in [-0.15, -0.1) is 0 Å². The molecule has 0 saturated carbocycles. The van der Waals surface area contributed by atoms with Crippen molar-refractivity contribution >= 4 is 17.8 Å². The van der Waals surface area contributed by atoms with Gasteiger partial charge in [-0.05, 0) is 60.0 Å². The molecule has 3 aromatic rings. The van der Waals surface area contributed by atoms with Gasteiger partial charge in [-0.3, -0.25) is 14.4 Å². The smallest absolute Gasteiger partial charge is 0.323 e. The molecule has 0 unspecified atom stereocenters. The van der Waals surface area contributed by atoms with Crippen LogP contribution in [-0.4, -0.2) is 71.0 Å². The summed E-state index contributed by atoms with van der Waals surface area (Å²) in [6, 6.07) is 18.6. The first-order valence-corrected chi connectivity index (χ1v) is 19.9. The predicted octanol–water partition coefficient (Wildman–Crippen LogP) is 10.2. The van der Waals surface area contributed by atoms with Gasteiger partial charge in [0.2, 0.25) is 0 Å². The molecule has 0 aliphatic rings. The number of phenolic OH excluding ortho intramolecular Hbond substituents is 1. The van der Waals surface area contributed by atoms with Gasteiger partial charge in [0.15, 0.2) is 0 Å². The number of carboxylic acid groups (broad SMARTS) is 2. The van der Waals surface area contributed by atoms with E-state index in [-0.39, 0.29) is 11.3 Å². The number of amides is 1. The molecular formula is C44H61NO9. The Balaban J connectivity index is 1.54. The Hall–Kier alpha value is -4.73. The third kappa shape index (κ3) is 17.9. The monoisotopic (exact) mass is 747 g/mol. The van der Waals surface area contributed by atoms with Crippen LogP contribution >= 0.6 is 0 Å². The molecule has 0 heterocycles. The third-order valence-electron chi connectivity index (χ3n) is 9.22. The summed E-state index contributed by atoms with van der Waals surface area (Å²) in [6.45, 7) is 2.02. The fraction of sp³-hybridized carbons (Fsp3) is 0.523. The van der Waals surface area contributed by atoms with Gasteiger partial charge in [0.05, 0.1) is 19.8 Å². The van der Waals surface area contributed by atoms with Gasteiger partial charge in [-0.25, -0.2) is 0 Å². The number of hydrogen-bond donors (Lipinski definition) is 3. The van der Waals surface area contributed by atoms with Crippen LogP contribution in [0.1, 0.15) is 126 Å². The number of carbonyl (C=O) groups is 3. The highest BCUT2D eigenvalue weighted by Gasteiger charge is 2.24. The van der Waals surface area contributed by atoms with E-state index in [1.165, 1.54) is 89.9 Å². The summed E-state index contributed by atoms with van der Waals surface area (Å²) in [4.78, 5) is 37.2. The third-order valence-corrected chi connectivity index (χ3v) is 9.22. The van der Waals surface area contributed by atoms with Crippen LogP contribution in [0.4, 0.5) is 0 Å². The minimum absolute atomic E-state index is 0.165. The number of carboxylic acids is 2. The average Bonchev–Trinajstić information content (AvgIpc) is 3.15. The number of carbonyl (C=O) groups excluding carboxylic acids is 1. The maximum absolute atomic E-state index is 13.5. The number of aliphatic carboxylic acids is 2. The molecule has 0 aliphatic heterocycles. The average molecular weight is 748 g/mol. The number of benzene rings is 3. The Labute approximate surface area is 321 Å². The molecule has 10 nitrogen and oxygen atoms in total. The van der Waals surface area contributed by atoms with E-state index in [0.717, 1.165) is 17.7 Å². The molecule has 3 N–H and O–H groups in total. The molecule has 0 spiro atoms. The van der Waals surface area contributed by atoms with E-state index in [4.69, 9.17) is 14.2 Å². The number of hydrogen-bond acceptors (Lipinski definition) is 7. The summed E-state index contributed by atoms with van der Waals surface area (Å²) >= 11 is 0. The largest absolute Gasteiger partial charge is 0.508 e. The lowest BCUT2D eigenvalue weighted by atomic mass is 9.98. The Bertz CT molecular complexity index is 1510. The molecule has 3 rings (SSSR count). The van der Waals surface area contributed by atoms with E-state index in [1.807, 2.05) is 12.1 Å². The maximum atomic E-state index is 13.5. The lowest BCUT2D eigenvalue weighted by Gasteiger charge is -2.21. The first-order chi connectivity index (χ1) is 26.3. The number of phenols is 1. The van der Waals surface area contributed by atoms with Gasteiger partial charge in [0.1, 0.15) is 36.1 Å². The first kappa shape index (κ1) is 43.7. The lowest BCUT2D eigenvalue weighted by molar-refractivity contribution is -0.140. The number of unbranched alkanes of at least 4 members (excludes halogenated alkanes) is 15. The number of ether oxygens (including phenoxy) is 3. The minimum atomic E-state index is -1.31. The van der Waals surface area contributed by atoms with Gasteiger partial charge in [-0.1, -0.05) is 121 Å². The zero-order chi connectivity index (χ0) is 38.8. The van der Waals surface area contributed by atoms with Crippen molar-refractivity contribution in [2.24, 2.45) is 0 Å². The molecular weight excluding hydrogens is 686 g/mol. The molecule has 1 amide bonds. The highest BCUT2D eigenvalue weighted by Crippen LogP contribution is 2.33. The summed E-state index contributed by atoms with van der Waals surface area (Å²) in [5.74, 6) is -1.43. The van der Waals surface area contributed by atoms with Gasteiger partial charge in [-0.2, -0.15) is 0 Å². The van der Waals surface area contributed by atoms with Gasteiger partial charge >= 0.3 is 11.9 Å². The molecule has 0 aromatic heterocycles. The Morgan fingerprint density at radius 2 is 0.981 bits per heavy atom. The van der Waals surface area contributed by atoms with E-state index in [1.54, 1.807) is 54.6 Å². The number of rotatable bonds is 30. The quantitative estimate of drug-likeness (QED) is 0.0568. The predicted molar refractivity (Wildman–Crippen MR) is 212 cm³/mol. The molecule has 0 atom stereocenters. The summed E-state index contributed by atoms with van der Waals surface area (Å²) in [5, 5.41) is 28.2. The molecule has 3 aromatic carbocycles. The van der Waals surface area contributed by atoms with E-state index in [0.29, 0.717) is 54.6 Å². The molecule has 0 aliphatic carbocycles. The van der Waals surface area contributed by atoms with E-state index in [2.05, 4.69) is 6.92 Å². The summed E-state index contributed by atoms with van der Waals surface area (Å²) in [5.41, 5.74) is 1.28. The zero-order valence-electron chi connectivity index (χ0n) is 32.1. The van der Waals surface area contributed by atoms with Crippen LogP contribution in [0.5, 0.6) is 23.0 Å². The second-order valence-corrected chi connectivity index (χ2v) is 13.9. The van der Waals surface area contributed by atoms with Crippen molar-refractivity contribution in [1.82, 2.24) is 4.90 Å². The van der Waals surface area contributed by atoms with Crippen LogP contribution in [-0.2, 0) is 9.59 Å². The molecule has 0 bridgehead atoms. The van der Waals surface area contributed by atoms with E-state index in [9.17, 15) is 29.7 Å². The SMILES string of the molecule is CCCCCCCCCCCCCCCCCCOc1cc(OCCCOc2ccc(O)cc2)cc(-c2ccccc2C(=O)N(CC(=O)O)CC(=O)O)c1. The number of nitrogens with zero attached hydrogens (tertiary/aromatic N) is 1. The Kier molecular flexibility index (Phi) is 21.1.